The van der Waals surface area contributed by atoms with Crippen LogP contribution in [0.25, 0.3) is 0 Å². The van der Waals surface area contributed by atoms with Crippen LogP contribution in [0.3, 0.4) is 0 Å². The van der Waals surface area contributed by atoms with Crippen LogP contribution in [-0.2, 0) is 15.7 Å². The van der Waals surface area contributed by atoms with E-state index in [1.54, 1.807) is 6.20 Å². The van der Waals surface area contributed by atoms with Gasteiger partial charge in [-0.25, -0.2) is 0 Å². The Morgan fingerprint density at radius 1 is 1.18 bits per heavy atom. The summed E-state index contributed by atoms with van der Waals surface area (Å²) >= 11 is 0. The Bertz CT molecular complexity index is 402. The molecule has 1 aromatic heterocycles. The molecule has 1 aromatic rings. The molecule has 3 nitrogen and oxygen atoms in total. The lowest BCUT2D eigenvalue weighted by Gasteiger charge is -2.32. The van der Waals surface area contributed by atoms with Crippen LogP contribution in [0.15, 0.2) is 18.5 Å². The molecular weight excluding hydrogens is 213 g/mol. The Morgan fingerprint density at radius 3 is 2.29 bits per heavy atom. The molecule has 0 saturated carbocycles. The highest BCUT2D eigenvalue weighted by molar-refractivity contribution is 6.62. The Labute approximate surface area is 104 Å². The Hall–Kier alpha value is -0.865. The SMILES string of the molecule is CCc1cnccc1B1OC(C)(C)C(C)(C)O1. The average molecular weight is 233 g/mol. The molecule has 0 N–H and O–H groups in total. The Balaban J connectivity index is 2.32. The molecule has 2 heterocycles. The summed E-state index contributed by atoms with van der Waals surface area (Å²) in [6.45, 7) is 10.4. The molecule has 92 valence electrons. The van der Waals surface area contributed by atoms with Gasteiger partial charge in [0.15, 0.2) is 0 Å². The summed E-state index contributed by atoms with van der Waals surface area (Å²) in [4.78, 5) is 4.15. The summed E-state index contributed by atoms with van der Waals surface area (Å²) in [5, 5.41) is 0. The highest BCUT2D eigenvalue weighted by Gasteiger charge is 2.52. The van der Waals surface area contributed by atoms with Crippen LogP contribution in [0.5, 0.6) is 0 Å². The second kappa shape index (κ2) is 4.11. The van der Waals surface area contributed by atoms with E-state index in [4.69, 9.17) is 9.31 Å². The molecule has 1 saturated heterocycles. The second-order valence-electron chi connectivity index (χ2n) is 5.52. The molecule has 0 unspecified atom stereocenters. The molecule has 17 heavy (non-hydrogen) atoms. The van der Waals surface area contributed by atoms with Gasteiger partial charge in [0.25, 0.3) is 0 Å². The highest BCUT2D eigenvalue weighted by atomic mass is 16.7. The molecular formula is C13H20BNO2. The standard InChI is InChI=1S/C13H20BNO2/c1-6-10-9-15-8-7-11(10)14-16-12(2,3)13(4,5)17-14/h7-9H,6H2,1-5H3. The van der Waals surface area contributed by atoms with E-state index in [0.29, 0.717) is 0 Å². The number of hydrogen-bond donors (Lipinski definition) is 0. The van der Waals surface area contributed by atoms with E-state index in [9.17, 15) is 0 Å². The summed E-state index contributed by atoms with van der Waals surface area (Å²) in [5.41, 5.74) is 1.71. The lowest BCUT2D eigenvalue weighted by Crippen LogP contribution is -2.41. The third-order valence-electron chi connectivity index (χ3n) is 3.83. The van der Waals surface area contributed by atoms with Gasteiger partial charge in [0.05, 0.1) is 11.2 Å². The number of aromatic nitrogens is 1. The van der Waals surface area contributed by atoms with Crippen molar-refractivity contribution in [3.8, 4) is 0 Å². The maximum absolute atomic E-state index is 6.04. The highest BCUT2D eigenvalue weighted by Crippen LogP contribution is 2.36. The lowest BCUT2D eigenvalue weighted by atomic mass is 9.76. The van der Waals surface area contributed by atoms with Gasteiger partial charge in [-0.05, 0) is 51.2 Å². The van der Waals surface area contributed by atoms with Crippen LogP contribution in [0, 0.1) is 0 Å². The molecule has 0 radical (unpaired) electrons. The van der Waals surface area contributed by atoms with E-state index in [2.05, 4.69) is 39.6 Å². The minimum atomic E-state index is -0.286. The molecule has 1 aliphatic heterocycles. The van der Waals surface area contributed by atoms with E-state index >= 15 is 0 Å². The van der Waals surface area contributed by atoms with Gasteiger partial charge in [-0.2, -0.15) is 0 Å². The predicted octanol–water partition coefficient (Wildman–Crippen LogP) is 1.94. The van der Waals surface area contributed by atoms with Crippen LogP contribution in [0.1, 0.15) is 40.2 Å². The fourth-order valence-corrected chi connectivity index (χ4v) is 1.93. The van der Waals surface area contributed by atoms with Gasteiger partial charge >= 0.3 is 7.12 Å². The van der Waals surface area contributed by atoms with Crippen molar-refractivity contribution in [2.45, 2.75) is 52.2 Å². The van der Waals surface area contributed by atoms with Crippen molar-refractivity contribution >= 4 is 12.6 Å². The summed E-state index contributed by atoms with van der Waals surface area (Å²) in [6.07, 6.45) is 4.62. The summed E-state index contributed by atoms with van der Waals surface area (Å²) < 4.78 is 12.1. The lowest BCUT2D eigenvalue weighted by molar-refractivity contribution is 0.00578. The van der Waals surface area contributed by atoms with Gasteiger partial charge in [-0.3, -0.25) is 4.98 Å². The first kappa shape index (κ1) is 12.6. The second-order valence-corrected chi connectivity index (χ2v) is 5.52. The fraction of sp³-hybridized carbons (Fsp3) is 0.615. The van der Waals surface area contributed by atoms with Crippen molar-refractivity contribution in [1.82, 2.24) is 4.98 Å². The minimum absolute atomic E-state index is 0.280. The van der Waals surface area contributed by atoms with Gasteiger partial charge in [0, 0.05) is 12.4 Å². The van der Waals surface area contributed by atoms with E-state index < -0.39 is 0 Å². The number of aryl methyl sites for hydroxylation is 1. The monoisotopic (exact) mass is 233 g/mol. The molecule has 0 atom stereocenters. The van der Waals surface area contributed by atoms with Crippen LogP contribution in [0.4, 0.5) is 0 Å². The maximum Gasteiger partial charge on any atom is 0.495 e. The van der Waals surface area contributed by atoms with E-state index in [1.165, 1.54) is 5.56 Å². The van der Waals surface area contributed by atoms with Crippen LogP contribution >= 0.6 is 0 Å². The largest absolute Gasteiger partial charge is 0.495 e. The zero-order valence-electron chi connectivity index (χ0n) is 11.3. The first-order valence-electron chi connectivity index (χ1n) is 6.16. The Kier molecular flexibility index (Phi) is 3.04. The normalized spacial score (nSPS) is 21.8. The third-order valence-corrected chi connectivity index (χ3v) is 3.83. The summed E-state index contributed by atoms with van der Waals surface area (Å²) in [6, 6.07) is 1.99. The first-order valence-corrected chi connectivity index (χ1v) is 6.16. The van der Waals surface area contributed by atoms with Crippen LogP contribution < -0.4 is 5.46 Å². The quantitative estimate of drug-likeness (QED) is 0.731. The summed E-state index contributed by atoms with van der Waals surface area (Å²) in [5.74, 6) is 0. The molecule has 4 heteroatoms. The zero-order valence-corrected chi connectivity index (χ0v) is 11.3. The van der Waals surface area contributed by atoms with Crippen molar-refractivity contribution < 1.29 is 9.31 Å². The van der Waals surface area contributed by atoms with Gasteiger partial charge in [0.2, 0.25) is 0 Å². The predicted molar refractivity (Wildman–Crippen MR) is 69.3 cm³/mol. The molecule has 2 rings (SSSR count). The van der Waals surface area contributed by atoms with Gasteiger partial charge in [-0.15, -0.1) is 0 Å². The third kappa shape index (κ3) is 2.12. The van der Waals surface area contributed by atoms with Gasteiger partial charge in [-0.1, -0.05) is 6.92 Å². The zero-order chi connectivity index (χ0) is 12.7. The van der Waals surface area contributed by atoms with Gasteiger partial charge in [0.1, 0.15) is 0 Å². The average Bonchev–Trinajstić information content (AvgIpc) is 2.48. The van der Waals surface area contributed by atoms with Crippen LogP contribution in [-0.4, -0.2) is 23.3 Å². The van der Waals surface area contributed by atoms with E-state index in [-0.39, 0.29) is 18.3 Å². The number of hydrogen-bond acceptors (Lipinski definition) is 3. The van der Waals surface area contributed by atoms with Crippen molar-refractivity contribution in [2.75, 3.05) is 0 Å². The Morgan fingerprint density at radius 2 is 1.76 bits per heavy atom. The van der Waals surface area contributed by atoms with Crippen molar-refractivity contribution in [3.63, 3.8) is 0 Å². The van der Waals surface area contributed by atoms with Crippen LogP contribution in [0.2, 0.25) is 0 Å². The number of pyridine rings is 1. The smallest absolute Gasteiger partial charge is 0.399 e. The minimum Gasteiger partial charge on any atom is -0.399 e. The fourth-order valence-electron chi connectivity index (χ4n) is 1.93. The first-order chi connectivity index (χ1) is 7.87. The molecule has 0 aliphatic carbocycles. The number of nitrogens with zero attached hydrogens (tertiary/aromatic N) is 1. The van der Waals surface area contributed by atoms with Gasteiger partial charge < -0.3 is 9.31 Å². The summed E-state index contributed by atoms with van der Waals surface area (Å²) in [7, 11) is -0.280. The molecule has 1 aliphatic rings. The molecule has 0 aromatic carbocycles. The molecule has 0 spiro atoms. The number of rotatable bonds is 2. The molecule has 0 bridgehead atoms. The molecule has 0 amide bonds. The van der Waals surface area contributed by atoms with Crippen molar-refractivity contribution in [2.24, 2.45) is 0 Å². The van der Waals surface area contributed by atoms with Crippen molar-refractivity contribution in [3.05, 3.63) is 24.0 Å². The topological polar surface area (TPSA) is 31.4 Å². The van der Waals surface area contributed by atoms with E-state index in [0.717, 1.165) is 11.9 Å². The maximum atomic E-state index is 6.04. The van der Waals surface area contributed by atoms with Crippen molar-refractivity contribution in [1.29, 1.82) is 0 Å². The van der Waals surface area contributed by atoms with E-state index in [1.807, 2.05) is 12.3 Å². The molecule has 1 fully saturated rings.